The minimum atomic E-state index is -4.48. The zero-order chi connectivity index (χ0) is 40.9. The normalized spacial score (nSPS) is 11.6. The Balaban J connectivity index is 1.26. The van der Waals surface area contributed by atoms with Gasteiger partial charge in [-0.3, -0.25) is 0 Å². The minimum Gasteiger partial charge on any atom is -0.460 e. The van der Waals surface area contributed by atoms with Crippen LogP contribution in [-0.2, 0) is 53.5 Å². The molecule has 12 nitrogen and oxygen atoms in total. The molecule has 0 saturated heterocycles. The van der Waals surface area contributed by atoms with Crippen molar-refractivity contribution in [3.05, 3.63) is 59.7 Å². The van der Waals surface area contributed by atoms with Crippen LogP contribution in [0.4, 0.5) is 24.5 Å². The average Bonchev–Trinajstić information content (AvgIpc) is 3.20. The predicted molar refractivity (Wildman–Crippen MR) is 211 cm³/mol. The first-order valence-corrected chi connectivity index (χ1v) is 20.3. The highest BCUT2D eigenvalue weighted by atomic mass is 19.4. The maximum atomic E-state index is 13.1. The van der Waals surface area contributed by atoms with Gasteiger partial charge in [0.15, 0.2) is 0 Å². The van der Waals surface area contributed by atoms with E-state index in [2.05, 4.69) is 12.2 Å². The summed E-state index contributed by atoms with van der Waals surface area (Å²) in [7, 11) is 0. The van der Waals surface area contributed by atoms with Gasteiger partial charge in [-0.2, -0.15) is 13.2 Å². The topological polar surface area (TPSA) is 121 Å². The molecular weight excluding hydrogens is 751 g/mol. The molecule has 0 heterocycles. The standard InChI is InChI=1S/C42H66F3NO11/c1-2-3-4-5-6-7-8-11-17-48-18-19-49-20-21-50-22-23-51-24-25-52-26-27-53-28-29-54-30-31-55-32-33-56-34-35-57-41(47)39-15-9-10-16-40(39)46-38-14-12-13-37(36-38)42(43,44)45/h9-10,12-16,36,46H,2-8,11,17-35H2,1H3. The number of unbranched alkanes of at least 4 members (excludes halogenated alkanes) is 7. The van der Waals surface area contributed by atoms with Crippen LogP contribution < -0.4 is 5.32 Å². The lowest BCUT2D eigenvalue weighted by atomic mass is 10.1. The number of benzene rings is 2. The average molecular weight is 818 g/mol. The fourth-order valence-corrected chi connectivity index (χ4v) is 5.17. The summed E-state index contributed by atoms with van der Waals surface area (Å²) >= 11 is 0. The quantitative estimate of drug-likeness (QED) is 0.0522. The molecule has 2 rings (SSSR count). The molecule has 2 aromatic carbocycles. The highest BCUT2D eigenvalue weighted by Gasteiger charge is 2.30. The van der Waals surface area contributed by atoms with E-state index < -0.39 is 17.7 Å². The second kappa shape index (κ2) is 35.1. The number of hydrogen-bond acceptors (Lipinski definition) is 12. The number of carbonyl (C=O) groups is 1. The van der Waals surface area contributed by atoms with E-state index >= 15 is 0 Å². The fourth-order valence-electron chi connectivity index (χ4n) is 5.17. The number of ether oxygens (including phenoxy) is 10. The van der Waals surface area contributed by atoms with Crippen molar-refractivity contribution in [2.75, 3.05) is 131 Å². The van der Waals surface area contributed by atoms with Gasteiger partial charge in [0.25, 0.3) is 0 Å². The van der Waals surface area contributed by atoms with Gasteiger partial charge in [0, 0.05) is 12.3 Å². The summed E-state index contributed by atoms with van der Waals surface area (Å²) in [6, 6.07) is 11.2. The molecule has 0 radical (unpaired) electrons. The van der Waals surface area contributed by atoms with Gasteiger partial charge in [0.1, 0.15) is 6.61 Å². The van der Waals surface area contributed by atoms with Crippen LogP contribution in [0.1, 0.15) is 74.2 Å². The molecule has 0 aromatic heterocycles. The van der Waals surface area contributed by atoms with Crippen LogP contribution in [0.25, 0.3) is 0 Å². The van der Waals surface area contributed by atoms with E-state index in [1.165, 1.54) is 63.1 Å². The molecule has 0 aliphatic heterocycles. The first-order valence-electron chi connectivity index (χ1n) is 20.3. The molecule has 0 aliphatic rings. The van der Waals surface area contributed by atoms with Gasteiger partial charge in [-0.05, 0) is 36.8 Å². The van der Waals surface area contributed by atoms with Crippen LogP contribution in [0.3, 0.4) is 0 Å². The molecule has 57 heavy (non-hydrogen) atoms. The number of carbonyl (C=O) groups excluding carboxylic acids is 1. The van der Waals surface area contributed by atoms with Crippen molar-refractivity contribution in [3.63, 3.8) is 0 Å². The largest absolute Gasteiger partial charge is 0.460 e. The van der Waals surface area contributed by atoms with E-state index in [9.17, 15) is 18.0 Å². The van der Waals surface area contributed by atoms with E-state index in [0.717, 1.165) is 25.2 Å². The van der Waals surface area contributed by atoms with Crippen molar-refractivity contribution in [2.45, 2.75) is 64.5 Å². The number of anilines is 2. The van der Waals surface area contributed by atoms with E-state index in [1.54, 1.807) is 18.2 Å². The van der Waals surface area contributed by atoms with Crippen molar-refractivity contribution < 1.29 is 65.3 Å². The summed E-state index contributed by atoms with van der Waals surface area (Å²) in [6.45, 7) is 10.8. The molecule has 0 unspecified atom stereocenters. The Morgan fingerprint density at radius 3 is 1.35 bits per heavy atom. The summed E-state index contributed by atoms with van der Waals surface area (Å²) < 4.78 is 94.0. The van der Waals surface area contributed by atoms with Crippen LogP contribution in [-0.4, -0.2) is 132 Å². The van der Waals surface area contributed by atoms with Crippen LogP contribution in [0.5, 0.6) is 0 Å². The second-order valence-corrected chi connectivity index (χ2v) is 12.9. The Morgan fingerprint density at radius 1 is 0.491 bits per heavy atom. The zero-order valence-electron chi connectivity index (χ0n) is 33.8. The number of para-hydroxylation sites is 1. The molecule has 1 N–H and O–H groups in total. The molecule has 15 heteroatoms. The summed E-state index contributed by atoms with van der Waals surface area (Å²) in [5, 5.41) is 2.86. The number of esters is 1. The lowest BCUT2D eigenvalue weighted by molar-refractivity contribution is -0.137. The van der Waals surface area contributed by atoms with Crippen LogP contribution in [0.15, 0.2) is 48.5 Å². The SMILES string of the molecule is CCCCCCCCCCOCCOCCOCCOCCOCCOCCOCCOCCOCCOC(=O)c1ccccc1Nc1cccc(C(F)(F)F)c1. The summed E-state index contributed by atoms with van der Waals surface area (Å²) in [4.78, 5) is 12.6. The van der Waals surface area contributed by atoms with Crippen molar-refractivity contribution >= 4 is 17.3 Å². The van der Waals surface area contributed by atoms with E-state index in [4.69, 9.17) is 47.4 Å². The van der Waals surface area contributed by atoms with Crippen LogP contribution in [0, 0.1) is 0 Å². The van der Waals surface area contributed by atoms with Crippen LogP contribution >= 0.6 is 0 Å². The zero-order valence-corrected chi connectivity index (χ0v) is 33.8. The Hall–Kier alpha value is -2.86. The first-order chi connectivity index (χ1) is 27.9. The molecule has 0 aliphatic carbocycles. The maximum Gasteiger partial charge on any atom is 0.416 e. The summed E-state index contributed by atoms with van der Waals surface area (Å²) in [6.07, 6.45) is 5.94. The molecule has 0 saturated carbocycles. The highest BCUT2D eigenvalue weighted by molar-refractivity contribution is 5.96. The summed E-state index contributed by atoms with van der Waals surface area (Å²) in [5.41, 5.74) is -0.0801. The van der Waals surface area contributed by atoms with Crippen molar-refractivity contribution in [1.29, 1.82) is 0 Å². The minimum absolute atomic E-state index is 0.00144. The Labute approximate surface area is 337 Å². The maximum absolute atomic E-state index is 13.1. The molecule has 0 fully saturated rings. The van der Waals surface area contributed by atoms with Gasteiger partial charge in [0.05, 0.1) is 129 Å². The lowest BCUT2D eigenvalue weighted by Gasteiger charge is -2.13. The Kier molecular flexibility index (Phi) is 31.0. The summed E-state index contributed by atoms with van der Waals surface area (Å²) in [5.74, 6) is -0.625. The lowest BCUT2D eigenvalue weighted by Crippen LogP contribution is -2.16. The third-order valence-corrected chi connectivity index (χ3v) is 8.20. The third-order valence-electron chi connectivity index (χ3n) is 8.20. The van der Waals surface area contributed by atoms with E-state index in [1.807, 2.05) is 0 Å². The second-order valence-electron chi connectivity index (χ2n) is 12.9. The molecule has 2 aromatic rings. The molecule has 0 amide bonds. The van der Waals surface area contributed by atoms with Crippen LogP contribution in [0.2, 0.25) is 0 Å². The fraction of sp³-hybridized carbons (Fsp3) is 0.690. The molecule has 0 spiro atoms. The number of rotatable bonds is 39. The number of alkyl halides is 3. The number of hydrogen-bond donors (Lipinski definition) is 1. The smallest absolute Gasteiger partial charge is 0.416 e. The third kappa shape index (κ3) is 28.2. The molecular formula is C42H66F3NO11. The Bertz CT molecular complexity index is 1240. The number of halogens is 3. The van der Waals surface area contributed by atoms with Gasteiger partial charge in [-0.1, -0.05) is 70.1 Å². The van der Waals surface area contributed by atoms with Crippen molar-refractivity contribution in [3.8, 4) is 0 Å². The highest BCUT2D eigenvalue weighted by Crippen LogP contribution is 2.32. The van der Waals surface area contributed by atoms with E-state index in [0.29, 0.717) is 111 Å². The van der Waals surface area contributed by atoms with Crippen molar-refractivity contribution in [1.82, 2.24) is 0 Å². The van der Waals surface area contributed by atoms with Crippen molar-refractivity contribution in [2.24, 2.45) is 0 Å². The van der Waals surface area contributed by atoms with Gasteiger partial charge in [0.2, 0.25) is 0 Å². The number of nitrogens with one attached hydrogen (secondary N) is 1. The van der Waals surface area contributed by atoms with Gasteiger partial charge < -0.3 is 52.7 Å². The van der Waals surface area contributed by atoms with Gasteiger partial charge in [-0.15, -0.1) is 0 Å². The monoisotopic (exact) mass is 817 g/mol. The molecule has 0 atom stereocenters. The first kappa shape index (κ1) is 50.3. The molecule has 0 bridgehead atoms. The van der Waals surface area contributed by atoms with E-state index in [-0.39, 0.29) is 24.5 Å². The Morgan fingerprint density at radius 2 is 0.895 bits per heavy atom. The molecule has 326 valence electrons. The predicted octanol–water partition coefficient (Wildman–Crippen LogP) is 7.90. The van der Waals surface area contributed by atoms with Gasteiger partial charge >= 0.3 is 12.1 Å². The van der Waals surface area contributed by atoms with Gasteiger partial charge in [-0.25, -0.2) is 4.79 Å².